The highest BCUT2D eigenvalue weighted by Gasteiger charge is 2.36. The fourth-order valence-corrected chi connectivity index (χ4v) is 1.80. The van der Waals surface area contributed by atoms with E-state index in [2.05, 4.69) is 6.92 Å². The summed E-state index contributed by atoms with van der Waals surface area (Å²) in [6, 6.07) is 0. The first-order valence-corrected chi connectivity index (χ1v) is 4.17. The maximum absolute atomic E-state index is 5.58. The van der Waals surface area contributed by atoms with Crippen LogP contribution in [0.5, 0.6) is 0 Å². The van der Waals surface area contributed by atoms with E-state index in [4.69, 9.17) is 9.47 Å². The Kier molecular flexibility index (Phi) is 1.66. The zero-order chi connectivity index (χ0) is 6.97. The molecule has 0 spiro atoms. The molecule has 2 saturated heterocycles. The monoisotopic (exact) mass is 142 g/mol. The van der Waals surface area contributed by atoms with Crippen molar-refractivity contribution in [3.63, 3.8) is 0 Å². The first-order chi connectivity index (χ1) is 4.90. The highest BCUT2D eigenvalue weighted by Crippen LogP contribution is 2.32. The van der Waals surface area contributed by atoms with Crippen LogP contribution in [0, 0.1) is 5.92 Å². The molecule has 0 saturated carbocycles. The molecular formula is C8H14O2. The van der Waals surface area contributed by atoms with Gasteiger partial charge in [-0.05, 0) is 19.3 Å². The molecule has 2 heterocycles. The zero-order valence-corrected chi connectivity index (χ0v) is 6.38. The van der Waals surface area contributed by atoms with Gasteiger partial charge in [0.05, 0.1) is 12.7 Å². The number of ether oxygens (including phenoxy) is 2. The predicted octanol–water partition coefficient (Wildman–Crippen LogP) is 1.55. The van der Waals surface area contributed by atoms with E-state index in [9.17, 15) is 0 Å². The largest absolute Gasteiger partial charge is 0.350 e. The summed E-state index contributed by atoms with van der Waals surface area (Å²) in [5, 5.41) is 0. The van der Waals surface area contributed by atoms with E-state index in [1.165, 1.54) is 19.3 Å². The SMILES string of the molecule is CCC1CC[C@H]2CO[C@@H]1O2. The molecule has 0 N–H and O–H groups in total. The van der Waals surface area contributed by atoms with E-state index in [1.54, 1.807) is 0 Å². The Morgan fingerprint density at radius 3 is 3.10 bits per heavy atom. The fourth-order valence-electron chi connectivity index (χ4n) is 1.80. The van der Waals surface area contributed by atoms with Gasteiger partial charge in [-0.2, -0.15) is 0 Å². The van der Waals surface area contributed by atoms with Gasteiger partial charge in [-0.1, -0.05) is 6.92 Å². The molecule has 2 fully saturated rings. The Morgan fingerprint density at radius 2 is 2.30 bits per heavy atom. The van der Waals surface area contributed by atoms with E-state index >= 15 is 0 Å². The molecule has 0 amide bonds. The molecule has 10 heavy (non-hydrogen) atoms. The number of hydrogen-bond donors (Lipinski definition) is 0. The molecule has 2 rings (SSSR count). The van der Waals surface area contributed by atoms with Crippen molar-refractivity contribution in [2.45, 2.75) is 38.6 Å². The lowest BCUT2D eigenvalue weighted by molar-refractivity contribution is -0.120. The van der Waals surface area contributed by atoms with Gasteiger partial charge in [0.2, 0.25) is 0 Å². The smallest absolute Gasteiger partial charge is 0.160 e. The van der Waals surface area contributed by atoms with Crippen LogP contribution < -0.4 is 0 Å². The lowest BCUT2D eigenvalue weighted by Crippen LogP contribution is -2.27. The normalized spacial score (nSPS) is 45.9. The molecule has 0 aromatic carbocycles. The van der Waals surface area contributed by atoms with Gasteiger partial charge in [-0.3, -0.25) is 0 Å². The van der Waals surface area contributed by atoms with Crippen molar-refractivity contribution in [2.75, 3.05) is 6.61 Å². The third-order valence-electron chi connectivity index (χ3n) is 2.54. The fraction of sp³-hybridized carbons (Fsp3) is 1.00. The van der Waals surface area contributed by atoms with Crippen molar-refractivity contribution in [3.8, 4) is 0 Å². The van der Waals surface area contributed by atoms with Crippen LogP contribution in [0.3, 0.4) is 0 Å². The molecule has 0 radical (unpaired) electrons. The molecule has 2 bridgehead atoms. The summed E-state index contributed by atoms with van der Waals surface area (Å²) in [4.78, 5) is 0. The van der Waals surface area contributed by atoms with Crippen molar-refractivity contribution < 1.29 is 9.47 Å². The predicted molar refractivity (Wildman–Crippen MR) is 37.6 cm³/mol. The number of fused-ring (bicyclic) bond motifs is 2. The van der Waals surface area contributed by atoms with Gasteiger partial charge in [0.1, 0.15) is 0 Å². The molecule has 2 aliphatic heterocycles. The van der Waals surface area contributed by atoms with Crippen LogP contribution in [0.25, 0.3) is 0 Å². The maximum Gasteiger partial charge on any atom is 0.160 e. The molecule has 0 aromatic rings. The van der Waals surface area contributed by atoms with Crippen LogP contribution in [-0.4, -0.2) is 19.0 Å². The Labute approximate surface area is 61.5 Å². The molecular weight excluding hydrogens is 128 g/mol. The van der Waals surface area contributed by atoms with Crippen molar-refractivity contribution in [3.05, 3.63) is 0 Å². The maximum atomic E-state index is 5.58. The summed E-state index contributed by atoms with van der Waals surface area (Å²) in [6.07, 6.45) is 4.26. The summed E-state index contributed by atoms with van der Waals surface area (Å²) in [5.74, 6) is 0.666. The summed E-state index contributed by atoms with van der Waals surface area (Å²) >= 11 is 0. The van der Waals surface area contributed by atoms with Gasteiger partial charge in [0, 0.05) is 5.92 Å². The Hall–Kier alpha value is -0.0800. The molecule has 1 unspecified atom stereocenters. The van der Waals surface area contributed by atoms with Crippen LogP contribution in [0.4, 0.5) is 0 Å². The minimum absolute atomic E-state index is 0.142. The summed E-state index contributed by atoms with van der Waals surface area (Å²) in [7, 11) is 0. The second-order valence-corrected chi connectivity index (χ2v) is 3.21. The average Bonchev–Trinajstić information content (AvgIpc) is 2.34. The summed E-state index contributed by atoms with van der Waals surface area (Å²) < 4.78 is 11.0. The van der Waals surface area contributed by atoms with Crippen LogP contribution in [0.1, 0.15) is 26.2 Å². The van der Waals surface area contributed by atoms with E-state index in [1.807, 2.05) is 0 Å². The zero-order valence-electron chi connectivity index (χ0n) is 6.38. The second-order valence-electron chi connectivity index (χ2n) is 3.21. The highest BCUT2D eigenvalue weighted by atomic mass is 16.7. The Bertz CT molecular complexity index is 124. The van der Waals surface area contributed by atoms with Crippen molar-refractivity contribution in [1.29, 1.82) is 0 Å². The highest BCUT2D eigenvalue weighted by molar-refractivity contribution is 4.77. The number of rotatable bonds is 1. The Morgan fingerprint density at radius 1 is 1.40 bits per heavy atom. The second kappa shape index (κ2) is 2.51. The lowest BCUT2D eigenvalue weighted by atomic mass is 9.96. The summed E-state index contributed by atoms with van der Waals surface area (Å²) in [6.45, 7) is 3.04. The van der Waals surface area contributed by atoms with Crippen molar-refractivity contribution in [2.24, 2.45) is 5.92 Å². The van der Waals surface area contributed by atoms with Gasteiger partial charge < -0.3 is 9.47 Å². The lowest BCUT2D eigenvalue weighted by Gasteiger charge is -2.25. The minimum atomic E-state index is 0.142. The van der Waals surface area contributed by atoms with E-state index < -0.39 is 0 Å². The van der Waals surface area contributed by atoms with Crippen LogP contribution >= 0.6 is 0 Å². The molecule has 0 aliphatic carbocycles. The topological polar surface area (TPSA) is 18.5 Å². The molecule has 2 nitrogen and oxygen atoms in total. The standard InChI is InChI=1S/C8H14O2/c1-2-6-3-4-7-5-9-8(6)10-7/h6-8H,2-5H2,1H3/t6?,7-,8+/m0/s1. The first kappa shape index (κ1) is 6.62. The van der Waals surface area contributed by atoms with E-state index in [0.29, 0.717) is 12.0 Å². The van der Waals surface area contributed by atoms with Gasteiger partial charge >= 0.3 is 0 Å². The van der Waals surface area contributed by atoms with Gasteiger partial charge in [0.15, 0.2) is 6.29 Å². The van der Waals surface area contributed by atoms with Crippen molar-refractivity contribution in [1.82, 2.24) is 0 Å². The van der Waals surface area contributed by atoms with E-state index in [0.717, 1.165) is 6.61 Å². The van der Waals surface area contributed by atoms with Crippen LogP contribution in [0.15, 0.2) is 0 Å². The minimum Gasteiger partial charge on any atom is -0.350 e. The quantitative estimate of drug-likeness (QED) is 0.553. The van der Waals surface area contributed by atoms with Crippen LogP contribution in [0.2, 0.25) is 0 Å². The molecule has 2 heteroatoms. The average molecular weight is 142 g/mol. The third-order valence-corrected chi connectivity index (χ3v) is 2.54. The molecule has 3 atom stereocenters. The summed E-state index contributed by atoms with van der Waals surface area (Å²) in [5.41, 5.74) is 0. The van der Waals surface area contributed by atoms with Gasteiger partial charge in [-0.25, -0.2) is 0 Å². The van der Waals surface area contributed by atoms with E-state index in [-0.39, 0.29) is 6.29 Å². The van der Waals surface area contributed by atoms with Gasteiger partial charge in [0.25, 0.3) is 0 Å². The molecule has 58 valence electrons. The number of hydrogen-bond acceptors (Lipinski definition) is 2. The molecule has 2 aliphatic rings. The Balaban J connectivity index is 2.00. The van der Waals surface area contributed by atoms with Crippen LogP contribution in [-0.2, 0) is 9.47 Å². The van der Waals surface area contributed by atoms with Crippen molar-refractivity contribution >= 4 is 0 Å². The third kappa shape index (κ3) is 0.956. The van der Waals surface area contributed by atoms with Gasteiger partial charge in [-0.15, -0.1) is 0 Å². The molecule has 0 aromatic heterocycles. The first-order valence-electron chi connectivity index (χ1n) is 4.17.